The molecule has 0 aromatic heterocycles. The average molecular weight is 702 g/mol. The smallest absolute Gasteiger partial charge is 0.410 e. The number of hydrogen-bond donors (Lipinski definition) is 0. The van der Waals surface area contributed by atoms with Gasteiger partial charge in [-0.15, -0.1) is 0 Å². The van der Waals surface area contributed by atoms with Crippen LogP contribution in [0.3, 0.4) is 0 Å². The predicted molar refractivity (Wildman–Crippen MR) is 178 cm³/mol. The molecule has 3 fully saturated rings. The van der Waals surface area contributed by atoms with Crippen LogP contribution >= 0.6 is 15.9 Å². The van der Waals surface area contributed by atoms with Gasteiger partial charge in [-0.25, -0.2) is 9.18 Å². The van der Waals surface area contributed by atoms with Gasteiger partial charge in [-0.2, -0.15) is 0 Å². The van der Waals surface area contributed by atoms with E-state index in [9.17, 15) is 18.8 Å². The van der Waals surface area contributed by atoms with Crippen LogP contribution in [0.4, 0.5) is 14.9 Å². The maximum absolute atomic E-state index is 14.2. The van der Waals surface area contributed by atoms with Crippen LogP contribution in [0.15, 0.2) is 46.9 Å². The van der Waals surface area contributed by atoms with Crippen molar-refractivity contribution in [2.24, 2.45) is 5.92 Å². The summed E-state index contributed by atoms with van der Waals surface area (Å²) in [5.74, 6) is 0.0834. The van der Waals surface area contributed by atoms with Crippen LogP contribution in [0.2, 0.25) is 0 Å². The summed E-state index contributed by atoms with van der Waals surface area (Å²) in [5.41, 5.74) is 0.0421. The molecule has 2 aromatic rings. The lowest BCUT2D eigenvalue weighted by atomic mass is 9.95. The van der Waals surface area contributed by atoms with Crippen molar-refractivity contribution in [1.29, 1.82) is 0 Å². The van der Waals surface area contributed by atoms with Gasteiger partial charge in [0.15, 0.2) is 5.60 Å². The number of carbonyl (C=O) groups is 3. The van der Waals surface area contributed by atoms with Crippen LogP contribution in [0.25, 0.3) is 0 Å². The quantitative estimate of drug-likeness (QED) is 0.325. The van der Waals surface area contributed by atoms with E-state index >= 15 is 0 Å². The molecule has 0 unspecified atom stereocenters. The van der Waals surface area contributed by atoms with E-state index in [0.29, 0.717) is 49.5 Å². The molecule has 0 spiro atoms. The minimum Gasteiger partial charge on any atom is -0.478 e. The molecule has 1 aliphatic carbocycles. The zero-order valence-corrected chi connectivity index (χ0v) is 29.1. The van der Waals surface area contributed by atoms with Gasteiger partial charge in [0.05, 0.1) is 10.4 Å². The Labute approximate surface area is 280 Å². The number of nitrogens with zero attached hydrogens (tertiary/aromatic N) is 4. The highest BCUT2D eigenvalue weighted by molar-refractivity contribution is 9.10. The summed E-state index contributed by atoms with van der Waals surface area (Å²) in [4.78, 5) is 47.3. The Morgan fingerprint density at radius 3 is 2.28 bits per heavy atom. The molecule has 9 nitrogen and oxygen atoms in total. The molecule has 3 amide bonds. The fourth-order valence-corrected chi connectivity index (χ4v) is 6.38. The van der Waals surface area contributed by atoms with Crippen molar-refractivity contribution in [3.8, 4) is 5.75 Å². The zero-order valence-electron chi connectivity index (χ0n) is 27.6. The largest absolute Gasteiger partial charge is 0.478 e. The van der Waals surface area contributed by atoms with Gasteiger partial charge in [0, 0.05) is 63.6 Å². The van der Waals surface area contributed by atoms with Crippen molar-refractivity contribution >= 4 is 39.5 Å². The molecule has 2 heterocycles. The molecule has 46 heavy (non-hydrogen) atoms. The standard InChI is InChI=1S/C35H46BrFN4O5/c1-34(2,3)46-33(44)39-18-16-38(17-19-39)32(43)35(4,5)45-28-10-6-9-27(21-28)40-15-7-8-25(23-40)31(42)41(26-12-13-26)22-24-11-14-29(36)30(37)20-24/h6,9-11,14,20-21,25-26H,7-8,12-13,15-19,22-23H2,1-5H3/t25-/m1/s1. The number of ether oxygens (including phenoxy) is 2. The van der Waals surface area contributed by atoms with Gasteiger partial charge in [-0.05, 0) is 106 Å². The number of anilines is 1. The molecule has 1 atom stereocenters. The summed E-state index contributed by atoms with van der Waals surface area (Å²) in [6.45, 7) is 12.5. The molecule has 0 N–H and O–H groups in total. The molecule has 3 aliphatic rings. The zero-order chi connectivity index (χ0) is 33.2. The molecule has 11 heteroatoms. The predicted octanol–water partition coefficient (Wildman–Crippen LogP) is 6.23. The average Bonchev–Trinajstić information content (AvgIpc) is 3.86. The Morgan fingerprint density at radius 1 is 0.935 bits per heavy atom. The fraction of sp³-hybridized carbons (Fsp3) is 0.571. The maximum atomic E-state index is 14.2. The van der Waals surface area contributed by atoms with Crippen molar-refractivity contribution in [1.82, 2.24) is 14.7 Å². The second-order valence-electron chi connectivity index (χ2n) is 14.1. The van der Waals surface area contributed by atoms with E-state index in [1.165, 1.54) is 6.07 Å². The van der Waals surface area contributed by atoms with E-state index in [1.807, 2.05) is 56.0 Å². The summed E-state index contributed by atoms with van der Waals surface area (Å²) in [6, 6.07) is 13.0. The molecule has 5 rings (SSSR count). The molecular formula is C35H46BrFN4O5. The SMILES string of the molecule is CC(C)(C)OC(=O)N1CCN(C(=O)C(C)(C)Oc2cccc(N3CCC[C@@H](C(=O)N(Cc4ccc(Br)c(F)c4)C4CC4)C3)c2)CC1. The minimum atomic E-state index is -1.12. The number of rotatable bonds is 8. The van der Waals surface area contributed by atoms with Crippen LogP contribution in [0, 0.1) is 11.7 Å². The van der Waals surface area contributed by atoms with Crippen LogP contribution in [-0.2, 0) is 20.9 Å². The van der Waals surface area contributed by atoms with Gasteiger partial charge < -0.3 is 29.1 Å². The topological polar surface area (TPSA) is 82.6 Å². The maximum Gasteiger partial charge on any atom is 0.410 e. The number of hydrogen-bond acceptors (Lipinski definition) is 6. The van der Waals surface area contributed by atoms with E-state index in [0.717, 1.165) is 43.5 Å². The summed E-state index contributed by atoms with van der Waals surface area (Å²) < 4.78 is 26.4. The fourth-order valence-electron chi connectivity index (χ4n) is 6.14. The lowest BCUT2D eigenvalue weighted by molar-refractivity contribution is -0.147. The summed E-state index contributed by atoms with van der Waals surface area (Å²) in [7, 11) is 0. The highest BCUT2D eigenvalue weighted by Crippen LogP contribution is 2.34. The Balaban J connectivity index is 1.19. The van der Waals surface area contributed by atoms with E-state index in [2.05, 4.69) is 20.8 Å². The first-order chi connectivity index (χ1) is 21.7. The van der Waals surface area contributed by atoms with Crippen molar-refractivity contribution in [3.05, 3.63) is 58.3 Å². The van der Waals surface area contributed by atoms with Crippen LogP contribution in [-0.4, -0.2) is 89.1 Å². The summed E-state index contributed by atoms with van der Waals surface area (Å²) in [6.07, 6.45) is 3.29. The second-order valence-corrected chi connectivity index (χ2v) is 15.0. The number of halogens is 2. The Kier molecular flexibility index (Phi) is 10.2. The number of carbonyl (C=O) groups excluding carboxylic acids is 3. The van der Waals surface area contributed by atoms with E-state index in [-0.39, 0.29) is 35.7 Å². The highest BCUT2D eigenvalue weighted by atomic mass is 79.9. The molecule has 1 saturated carbocycles. The normalized spacial score (nSPS) is 19.1. The lowest BCUT2D eigenvalue weighted by Crippen LogP contribution is -2.57. The first kappa shape index (κ1) is 34.0. The third-order valence-electron chi connectivity index (χ3n) is 8.67. The molecule has 0 radical (unpaired) electrons. The molecular weight excluding hydrogens is 655 g/mol. The summed E-state index contributed by atoms with van der Waals surface area (Å²) in [5, 5.41) is 0. The highest BCUT2D eigenvalue weighted by Gasteiger charge is 2.39. The number of amides is 3. The third kappa shape index (κ3) is 8.52. The van der Waals surface area contributed by atoms with Gasteiger partial charge in [-0.3, -0.25) is 9.59 Å². The Bertz CT molecular complexity index is 1430. The third-order valence-corrected chi connectivity index (χ3v) is 9.31. The van der Waals surface area contributed by atoms with Gasteiger partial charge >= 0.3 is 6.09 Å². The van der Waals surface area contributed by atoms with Crippen molar-refractivity contribution < 1.29 is 28.2 Å². The number of piperazine rings is 1. The van der Waals surface area contributed by atoms with Crippen molar-refractivity contribution in [3.63, 3.8) is 0 Å². The Morgan fingerprint density at radius 2 is 1.63 bits per heavy atom. The second kappa shape index (κ2) is 13.8. The molecule has 0 bridgehead atoms. The summed E-state index contributed by atoms with van der Waals surface area (Å²) >= 11 is 3.21. The molecule has 2 saturated heterocycles. The van der Waals surface area contributed by atoms with E-state index in [4.69, 9.17) is 9.47 Å². The van der Waals surface area contributed by atoms with Gasteiger partial charge in [0.2, 0.25) is 5.91 Å². The van der Waals surface area contributed by atoms with E-state index < -0.39 is 11.2 Å². The number of benzene rings is 2. The van der Waals surface area contributed by atoms with Crippen LogP contribution < -0.4 is 9.64 Å². The van der Waals surface area contributed by atoms with Crippen molar-refractivity contribution in [2.75, 3.05) is 44.2 Å². The first-order valence-corrected chi connectivity index (χ1v) is 17.1. The molecule has 2 aliphatic heterocycles. The minimum absolute atomic E-state index is 0.126. The monoisotopic (exact) mass is 700 g/mol. The van der Waals surface area contributed by atoms with E-state index in [1.54, 1.807) is 29.7 Å². The van der Waals surface area contributed by atoms with Gasteiger partial charge in [0.25, 0.3) is 5.91 Å². The first-order valence-electron chi connectivity index (χ1n) is 16.3. The van der Waals surface area contributed by atoms with Crippen LogP contribution in [0.1, 0.15) is 65.9 Å². The Hall–Kier alpha value is -3.34. The van der Waals surface area contributed by atoms with Gasteiger partial charge in [-0.1, -0.05) is 12.1 Å². The van der Waals surface area contributed by atoms with Crippen LogP contribution in [0.5, 0.6) is 5.75 Å². The molecule has 2 aromatic carbocycles. The molecule has 250 valence electrons. The van der Waals surface area contributed by atoms with Gasteiger partial charge in [0.1, 0.15) is 17.2 Å². The lowest BCUT2D eigenvalue weighted by Gasteiger charge is -2.39. The number of piperidine rings is 1. The van der Waals surface area contributed by atoms with Crippen molar-refractivity contribution in [2.45, 2.75) is 84.1 Å².